The van der Waals surface area contributed by atoms with Crippen molar-refractivity contribution in [2.24, 2.45) is 5.73 Å². The molecule has 0 saturated heterocycles. The molecule has 3 N–H and O–H groups in total. The first-order valence-corrected chi connectivity index (χ1v) is 6.44. The van der Waals surface area contributed by atoms with Gasteiger partial charge in [-0.15, -0.1) is 0 Å². The molecule has 0 spiro atoms. The van der Waals surface area contributed by atoms with Crippen LogP contribution in [0.3, 0.4) is 0 Å². The van der Waals surface area contributed by atoms with Gasteiger partial charge in [0.1, 0.15) is 5.69 Å². The number of aromatic amines is 1. The molecule has 102 valence electrons. The number of amides is 1. The molecule has 1 amide bonds. The standard InChI is InChI=1S/C15H11N5O/c16-14(21)13-7-10-9(3-1-4-12(10)19-13)11-8-18-20-6-2-5-17-15(11)20/h1-8,19H,(H2,16,21). The van der Waals surface area contributed by atoms with Gasteiger partial charge in [0.05, 0.1) is 6.20 Å². The van der Waals surface area contributed by atoms with Crippen molar-refractivity contribution in [3.63, 3.8) is 0 Å². The number of hydrogen-bond acceptors (Lipinski definition) is 3. The van der Waals surface area contributed by atoms with Crippen molar-refractivity contribution in [3.8, 4) is 11.1 Å². The maximum Gasteiger partial charge on any atom is 0.265 e. The second-order valence-corrected chi connectivity index (χ2v) is 4.76. The summed E-state index contributed by atoms with van der Waals surface area (Å²) in [7, 11) is 0. The Morgan fingerprint density at radius 1 is 1.24 bits per heavy atom. The van der Waals surface area contributed by atoms with Crippen LogP contribution in [0.4, 0.5) is 0 Å². The average molecular weight is 277 g/mol. The maximum absolute atomic E-state index is 11.3. The van der Waals surface area contributed by atoms with Crippen LogP contribution < -0.4 is 5.73 Å². The largest absolute Gasteiger partial charge is 0.364 e. The highest BCUT2D eigenvalue weighted by molar-refractivity contribution is 6.03. The van der Waals surface area contributed by atoms with Gasteiger partial charge in [-0.2, -0.15) is 5.10 Å². The molecule has 1 aromatic carbocycles. The molecule has 0 atom stereocenters. The summed E-state index contributed by atoms with van der Waals surface area (Å²) in [5.41, 5.74) is 9.23. The summed E-state index contributed by atoms with van der Waals surface area (Å²) >= 11 is 0. The molecule has 3 heterocycles. The lowest BCUT2D eigenvalue weighted by molar-refractivity contribution is 0.0996. The quantitative estimate of drug-likeness (QED) is 0.587. The van der Waals surface area contributed by atoms with E-state index >= 15 is 0 Å². The van der Waals surface area contributed by atoms with Crippen LogP contribution in [0.1, 0.15) is 10.5 Å². The predicted octanol–water partition coefficient (Wildman–Crippen LogP) is 1.98. The summed E-state index contributed by atoms with van der Waals surface area (Å²) in [5.74, 6) is -0.477. The molecule has 0 aliphatic rings. The van der Waals surface area contributed by atoms with E-state index in [1.54, 1.807) is 23.0 Å². The number of nitrogens with two attached hydrogens (primary N) is 1. The maximum atomic E-state index is 11.3. The Bertz CT molecular complexity index is 982. The van der Waals surface area contributed by atoms with Gasteiger partial charge in [0, 0.05) is 28.9 Å². The van der Waals surface area contributed by atoms with E-state index in [1.165, 1.54) is 0 Å². The average Bonchev–Trinajstić information content (AvgIpc) is 3.11. The summed E-state index contributed by atoms with van der Waals surface area (Å²) in [6, 6.07) is 9.40. The Morgan fingerprint density at radius 3 is 3.00 bits per heavy atom. The normalized spacial score (nSPS) is 11.2. The smallest absolute Gasteiger partial charge is 0.265 e. The molecule has 21 heavy (non-hydrogen) atoms. The molecular weight excluding hydrogens is 266 g/mol. The van der Waals surface area contributed by atoms with Crippen LogP contribution in [0.2, 0.25) is 0 Å². The lowest BCUT2D eigenvalue weighted by Crippen LogP contribution is -2.10. The minimum absolute atomic E-state index is 0.391. The zero-order chi connectivity index (χ0) is 14.4. The Balaban J connectivity index is 2.04. The van der Waals surface area contributed by atoms with E-state index in [9.17, 15) is 4.79 Å². The fraction of sp³-hybridized carbons (Fsp3) is 0. The van der Waals surface area contributed by atoms with Crippen molar-refractivity contribution in [2.75, 3.05) is 0 Å². The highest BCUT2D eigenvalue weighted by Gasteiger charge is 2.13. The lowest BCUT2D eigenvalue weighted by Gasteiger charge is -2.00. The fourth-order valence-corrected chi connectivity index (χ4v) is 2.54. The van der Waals surface area contributed by atoms with Crippen LogP contribution in [0, 0.1) is 0 Å². The van der Waals surface area contributed by atoms with E-state index in [2.05, 4.69) is 15.1 Å². The van der Waals surface area contributed by atoms with E-state index in [4.69, 9.17) is 5.73 Å². The first-order valence-electron chi connectivity index (χ1n) is 6.44. The van der Waals surface area contributed by atoms with E-state index in [1.807, 2.05) is 30.5 Å². The van der Waals surface area contributed by atoms with Crippen molar-refractivity contribution >= 4 is 22.5 Å². The molecule has 3 aromatic heterocycles. The summed E-state index contributed by atoms with van der Waals surface area (Å²) < 4.78 is 1.72. The topological polar surface area (TPSA) is 89.1 Å². The Kier molecular flexibility index (Phi) is 2.32. The molecule has 4 aromatic rings. The van der Waals surface area contributed by atoms with Crippen LogP contribution >= 0.6 is 0 Å². The number of nitrogens with one attached hydrogen (secondary N) is 1. The zero-order valence-corrected chi connectivity index (χ0v) is 10.9. The number of carbonyl (C=O) groups excluding carboxylic acids is 1. The first-order chi connectivity index (χ1) is 10.2. The minimum Gasteiger partial charge on any atom is -0.364 e. The van der Waals surface area contributed by atoms with Gasteiger partial charge in [-0.05, 0) is 23.8 Å². The molecule has 0 radical (unpaired) electrons. The summed E-state index contributed by atoms with van der Waals surface area (Å²) in [6.45, 7) is 0. The molecule has 0 aliphatic carbocycles. The molecule has 6 nitrogen and oxygen atoms in total. The molecule has 0 aliphatic heterocycles. The summed E-state index contributed by atoms with van der Waals surface area (Å²) in [6.07, 6.45) is 5.35. The minimum atomic E-state index is -0.477. The molecule has 0 fully saturated rings. The number of H-pyrrole nitrogens is 1. The number of primary amides is 1. The molecular formula is C15H11N5O. The predicted molar refractivity (Wildman–Crippen MR) is 78.8 cm³/mol. The number of aromatic nitrogens is 4. The van der Waals surface area contributed by atoms with Gasteiger partial charge in [-0.1, -0.05) is 12.1 Å². The molecule has 0 saturated carbocycles. The van der Waals surface area contributed by atoms with Crippen molar-refractivity contribution in [3.05, 3.63) is 54.6 Å². The van der Waals surface area contributed by atoms with Crippen LogP contribution in [0.5, 0.6) is 0 Å². The highest BCUT2D eigenvalue weighted by atomic mass is 16.1. The SMILES string of the molecule is NC(=O)c1cc2c(-c3cnn4cccnc34)cccc2[nH]1. The van der Waals surface area contributed by atoms with Crippen LogP contribution in [0.25, 0.3) is 27.7 Å². The van der Waals surface area contributed by atoms with Gasteiger partial charge in [0.15, 0.2) is 5.65 Å². The highest BCUT2D eigenvalue weighted by Crippen LogP contribution is 2.31. The third-order valence-corrected chi connectivity index (χ3v) is 3.50. The third-order valence-electron chi connectivity index (χ3n) is 3.50. The lowest BCUT2D eigenvalue weighted by atomic mass is 10.0. The number of hydrogen-bond donors (Lipinski definition) is 2. The molecule has 0 bridgehead atoms. The van der Waals surface area contributed by atoms with Gasteiger partial charge in [-0.3, -0.25) is 4.79 Å². The monoisotopic (exact) mass is 277 g/mol. The summed E-state index contributed by atoms with van der Waals surface area (Å²) in [4.78, 5) is 18.7. The number of fused-ring (bicyclic) bond motifs is 2. The van der Waals surface area contributed by atoms with E-state index in [-0.39, 0.29) is 0 Å². The van der Waals surface area contributed by atoms with Crippen LogP contribution in [-0.4, -0.2) is 25.5 Å². The Morgan fingerprint density at radius 2 is 2.14 bits per heavy atom. The van der Waals surface area contributed by atoms with Crippen LogP contribution in [0.15, 0.2) is 48.9 Å². The molecule has 6 heteroatoms. The van der Waals surface area contributed by atoms with Crippen LogP contribution in [-0.2, 0) is 0 Å². The summed E-state index contributed by atoms with van der Waals surface area (Å²) in [5, 5.41) is 5.22. The fourth-order valence-electron chi connectivity index (χ4n) is 2.54. The number of nitrogens with zero attached hydrogens (tertiary/aromatic N) is 3. The van der Waals surface area contributed by atoms with Gasteiger partial charge in [0.2, 0.25) is 0 Å². The first kappa shape index (κ1) is 11.7. The Labute approximate surface area is 119 Å². The van der Waals surface area contributed by atoms with Gasteiger partial charge < -0.3 is 10.7 Å². The van der Waals surface area contributed by atoms with Crippen molar-refractivity contribution in [1.82, 2.24) is 19.6 Å². The van der Waals surface area contributed by atoms with Crippen molar-refractivity contribution in [1.29, 1.82) is 0 Å². The van der Waals surface area contributed by atoms with E-state index < -0.39 is 5.91 Å². The second-order valence-electron chi connectivity index (χ2n) is 4.76. The Hall–Kier alpha value is -3.15. The van der Waals surface area contributed by atoms with Crippen molar-refractivity contribution in [2.45, 2.75) is 0 Å². The van der Waals surface area contributed by atoms with Gasteiger partial charge in [-0.25, -0.2) is 9.50 Å². The van der Waals surface area contributed by atoms with Gasteiger partial charge >= 0.3 is 0 Å². The van der Waals surface area contributed by atoms with Crippen molar-refractivity contribution < 1.29 is 4.79 Å². The number of rotatable bonds is 2. The van der Waals surface area contributed by atoms with E-state index in [0.29, 0.717) is 5.69 Å². The number of benzene rings is 1. The third kappa shape index (κ3) is 1.69. The second kappa shape index (κ2) is 4.17. The number of carbonyl (C=O) groups is 1. The van der Waals surface area contributed by atoms with Gasteiger partial charge in [0.25, 0.3) is 5.91 Å². The van der Waals surface area contributed by atoms with E-state index in [0.717, 1.165) is 27.7 Å². The zero-order valence-electron chi connectivity index (χ0n) is 10.9. The molecule has 0 unspecified atom stereocenters. The molecule has 4 rings (SSSR count).